The fourth-order valence-corrected chi connectivity index (χ4v) is 3.95. The molecule has 110 valence electrons. The second kappa shape index (κ2) is 6.15. The molecule has 1 aromatic carbocycles. The maximum atomic E-state index is 11.3. The van der Waals surface area contributed by atoms with E-state index >= 15 is 0 Å². The number of thiophene rings is 1. The summed E-state index contributed by atoms with van der Waals surface area (Å²) in [7, 11) is 1.26. The number of carboxylic acid groups (broad SMARTS) is 2. The summed E-state index contributed by atoms with van der Waals surface area (Å²) in [5.41, 5.74) is 0.0882. The van der Waals surface area contributed by atoms with Crippen LogP contribution in [0.3, 0.4) is 0 Å². The Hall–Kier alpha value is -2.06. The van der Waals surface area contributed by atoms with Gasteiger partial charge in [-0.05, 0) is 12.1 Å². The number of hydrogen-bond donors (Lipinski definition) is 2. The molecule has 0 saturated carbocycles. The van der Waals surface area contributed by atoms with Crippen molar-refractivity contribution >= 4 is 51.1 Å². The Morgan fingerprint density at radius 1 is 1.24 bits per heavy atom. The van der Waals surface area contributed by atoms with Crippen molar-refractivity contribution < 1.29 is 29.3 Å². The van der Waals surface area contributed by atoms with Gasteiger partial charge in [0.05, 0.1) is 18.4 Å². The van der Waals surface area contributed by atoms with Crippen LogP contribution in [0.5, 0.6) is 0 Å². The van der Waals surface area contributed by atoms with Gasteiger partial charge in [-0.1, -0.05) is 6.07 Å². The monoisotopic (exact) mass is 326 g/mol. The van der Waals surface area contributed by atoms with Crippen LogP contribution in [0.4, 0.5) is 0 Å². The minimum absolute atomic E-state index is 0.0106. The molecule has 2 rings (SSSR count). The fourth-order valence-electron chi connectivity index (χ4n) is 1.68. The predicted octanol–water partition coefficient (Wildman–Crippen LogP) is 2.56. The highest BCUT2D eigenvalue weighted by Gasteiger charge is 2.20. The molecule has 0 unspecified atom stereocenters. The molecule has 0 bridgehead atoms. The van der Waals surface area contributed by atoms with Gasteiger partial charge in [-0.15, -0.1) is 23.1 Å². The van der Waals surface area contributed by atoms with Crippen LogP contribution < -0.4 is 0 Å². The zero-order valence-corrected chi connectivity index (χ0v) is 12.4. The Morgan fingerprint density at radius 3 is 2.52 bits per heavy atom. The molecule has 0 fully saturated rings. The van der Waals surface area contributed by atoms with Gasteiger partial charge in [0.1, 0.15) is 4.88 Å². The van der Waals surface area contributed by atoms with Crippen LogP contribution in [-0.4, -0.2) is 41.0 Å². The molecule has 6 nitrogen and oxygen atoms in total. The predicted molar refractivity (Wildman–Crippen MR) is 78.5 cm³/mol. The van der Waals surface area contributed by atoms with E-state index in [-0.39, 0.29) is 16.2 Å². The standard InChI is InChI=1S/C13H10O6S2/c1-19-9(14)5-20-10-7-3-2-6(12(15)16)4-8(7)21-11(10)13(17)18/h2-4H,5H2,1H3,(H,15,16)(H,17,18). The molecule has 1 aromatic heterocycles. The van der Waals surface area contributed by atoms with E-state index in [1.54, 1.807) is 6.07 Å². The summed E-state index contributed by atoms with van der Waals surface area (Å²) in [4.78, 5) is 34.0. The molecule has 0 radical (unpaired) electrons. The quantitative estimate of drug-likeness (QED) is 0.643. The van der Waals surface area contributed by atoms with E-state index in [0.717, 1.165) is 23.1 Å². The highest BCUT2D eigenvalue weighted by Crippen LogP contribution is 2.38. The largest absolute Gasteiger partial charge is 0.478 e. The zero-order valence-electron chi connectivity index (χ0n) is 10.8. The highest BCUT2D eigenvalue weighted by atomic mass is 32.2. The van der Waals surface area contributed by atoms with Crippen LogP contribution in [0, 0.1) is 0 Å². The molecule has 0 amide bonds. The van der Waals surface area contributed by atoms with Gasteiger partial charge in [0.2, 0.25) is 0 Å². The molecule has 2 aromatic rings. The first-order chi connectivity index (χ1) is 9.93. The molecule has 0 aliphatic carbocycles. The van der Waals surface area contributed by atoms with Gasteiger partial charge in [0.25, 0.3) is 0 Å². The molecule has 0 aliphatic heterocycles. The normalized spacial score (nSPS) is 10.5. The minimum Gasteiger partial charge on any atom is -0.478 e. The van der Waals surface area contributed by atoms with E-state index in [4.69, 9.17) is 5.11 Å². The van der Waals surface area contributed by atoms with E-state index in [1.807, 2.05) is 0 Å². The van der Waals surface area contributed by atoms with Crippen molar-refractivity contribution in [1.82, 2.24) is 0 Å². The van der Waals surface area contributed by atoms with Gasteiger partial charge < -0.3 is 14.9 Å². The van der Waals surface area contributed by atoms with Gasteiger partial charge in [-0.3, -0.25) is 4.79 Å². The first-order valence-corrected chi connectivity index (χ1v) is 7.47. The van der Waals surface area contributed by atoms with Crippen molar-refractivity contribution in [2.75, 3.05) is 12.9 Å². The Bertz CT molecular complexity index is 734. The molecule has 0 atom stereocenters. The van der Waals surface area contributed by atoms with Crippen LogP contribution >= 0.6 is 23.1 Å². The van der Waals surface area contributed by atoms with Crippen molar-refractivity contribution in [3.05, 3.63) is 28.6 Å². The third-order valence-electron chi connectivity index (χ3n) is 2.65. The average molecular weight is 326 g/mol. The molecule has 21 heavy (non-hydrogen) atoms. The smallest absolute Gasteiger partial charge is 0.347 e. The van der Waals surface area contributed by atoms with Gasteiger partial charge in [-0.2, -0.15) is 0 Å². The first-order valence-electron chi connectivity index (χ1n) is 5.66. The maximum absolute atomic E-state index is 11.3. The average Bonchev–Trinajstić information content (AvgIpc) is 2.82. The maximum Gasteiger partial charge on any atom is 0.347 e. The molecular formula is C13H10O6S2. The van der Waals surface area contributed by atoms with Crippen LogP contribution in [0.25, 0.3) is 10.1 Å². The SMILES string of the molecule is COC(=O)CSc1c(C(=O)O)sc2cc(C(=O)O)ccc12. The summed E-state index contributed by atoms with van der Waals surface area (Å²) in [6.45, 7) is 0. The number of benzene rings is 1. The van der Waals surface area contributed by atoms with Crippen molar-refractivity contribution in [3.63, 3.8) is 0 Å². The number of hydrogen-bond acceptors (Lipinski definition) is 6. The number of fused-ring (bicyclic) bond motifs is 1. The number of esters is 1. The van der Waals surface area contributed by atoms with Crippen LogP contribution in [0.15, 0.2) is 23.1 Å². The van der Waals surface area contributed by atoms with Crippen LogP contribution in [-0.2, 0) is 9.53 Å². The second-order valence-electron chi connectivity index (χ2n) is 3.95. The summed E-state index contributed by atoms with van der Waals surface area (Å²) in [5, 5.41) is 18.8. The number of rotatable bonds is 5. The molecule has 1 heterocycles. The summed E-state index contributed by atoms with van der Waals surface area (Å²) >= 11 is 2.05. The van der Waals surface area contributed by atoms with Gasteiger partial charge in [-0.25, -0.2) is 9.59 Å². The van der Waals surface area contributed by atoms with Gasteiger partial charge in [0.15, 0.2) is 0 Å². The summed E-state index contributed by atoms with van der Waals surface area (Å²) in [5.74, 6) is -2.66. The van der Waals surface area contributed by atoms with Crippen LogP contribution in [0.2, 0.25) is 0 Å². The lowest BCUT2D eigenvalue weighted by Gasteiger charge is -2.01. The summed E-state index contributed by atoms with van der Waals surface area (Å²) in [6.07, 6.45) is 0. The Labute approximate surface area is 127 Å². The Morgan fingerprint density at radius 2 is 1.95 bits per heavy atom. The lowest BCUT2D eigenvalue weighted by atomic mass is 10.2. The van der Waals surface area contributed by atoms with Crippen molar-refractivity contribution in [3.8, 4) is 0 Å². The number of carbonyl (C=O) groups excluding carboxylic acids is 1. The molecule has 2 N–H and O–H groups in total. The van der Waals surface area contributed by atoms with Crippen molar-refractivity contribution in [1.29, 1.82) is 0 Å². The number of thioether (sulfide) groups is 1. The number of ether oxygens (including phenoxy) is 1. The highest BCUT2D eigenvalue weighted by molar-refractivity contribution is 8.00. The second-order valence-corrected chi connectivity index (χ2v) is 5.98. The molecule has 8 heteroatoms. The molecule has 0 spiro atoms. The summed E-state index contributed by atoms with van der Waals surface area (Å²) in [6, 6.07) is 4.39. The number of carboxylic acids is 2. The van der Waals surface area contributed by atoms with Gasteiger partial charge in [0, 0.05) is 15.0 Å². The van der Waals surface area contributed by atoms with Crippen molar-refractivity contribution in [2.24, 2.45) is 0 Å². The lowest BCUT2D eigenvalue weighted by Crippen LogP contribution is -2.03. The van der Waals surface area contributed by atoms with E-state index in [0.29, 0.717) is 15.0 Å². The Balaban J connectivity index is 2.50. The number of aromatic carboxylic acids is 2. The zero-order chi connectivity index (χ0) is 15.6. The fraction of sp³-hybridized carbons (Fsp3) is 0.154. The van der Waals surface area contributed by atoms with Crippen molar-refractivity contribution in [2.45, 2.75) is 4.90 Å². The number of carbonyl (C=O) groups is 3. The van der Waals surface area contributed by atoms with E-state index in [9.17, 15) is 19.5 Å². The number of methoxy groups -OCH3 is 1. The molecular weight excluding hydrogens is 316 g/mol. The third kappa shape index (κ3) is 3.17. The minimum atomic E-state index is -1.11. The third-order valence-corrected chi connectivity index (χ3v) is 5.01. The van der Waals surface area contributed by atoms with Gasteiger partial charge >= 0.3 is 17.9 Å². The molecule has 0 saturated heterocycles. The van der Waals surface area contributed by atoms with E-state index in [1.165, 1.54) is 19.2 Å². The lowest BCUT2D eigenvalue weighted by molar-refractivity contribution is -0.137. The Kier molecular flexibility index (Phi) is 4.49. The summed E-state index contributed by atoms with van der Waals surface area (Å²) < 4.78 is 5.09. The first kappa shape index (κ1) is 15.3. The van der Waals surface area contributed by atoms with E-state index < -0.39 is 17.9 Å². The topological polar surface area (TPSA) is 101 Å². The molecule has 0 aliphatic rings. The van der Waals surface area contributed by atoms with E-state index in [2.05, 4.69) is 4.74 Å². The van der Waals surface area contributed by atoms with Crippen LogP contribution in [0.1, 0.15) is 20.0 Å².